The van der Waals surface area contributed by atoms with Gasteiger partial charge in [0.15, 0.2) is 11.5 Å². The van der Waals surface area contributed by atoms with Crippen LogP contribution in [0, 0.1) is 13.8 Å². The highest BCUT2D eigenvalue weighted by Gasteiger charge is 2.36. The number of ether oxygens (including phenoxy) is 4. The molecule has 0 bridgehead atoms. The molecule has 0 radical (unpaired) electrons. The Morgan fingerprint density at radius 2 is 1.76 bits per heavy atom. The summed E-state index contributed by atoms with van der Waals surface area (Å²) in [6.07, 6.45) is 2.58. The molecule has 0 unspecified atom stereocenters. The van der Waals surface area contributed by atoms with Gasteiger partial charge in [-0.1, -0.05) is 49.7 Å². The molecule has 1 saturated heterocycles. The van der Waals surface area contributed by atoms with Gasteiger partial charge in [-0.2, -0.15) is 0 Å². The molecule has 2 atom stereocenters. The van der Waals surface area contributed by atoms with Gasteiger partial charge in [0.1, 0.15) is 19.0 Å². The summed E-state index contributed by atoms with van der Waals surface area (Å²) in [4.78, 5) is 26.3. The Morgan fingerprint density at radius 1 is 1.02 bits per heavy atom. The van der Waals surface area contributed by atoms with Gasteiger partial charge in [0.25, 0.3) is 6.47 Å². The minimum absolute atomic E-state index is 0.00792. The molecule has 1 amide bonds. The van der Waals surface area contributed by atoms with Gasteiger partial charge < -0.3 is 24.3 Å². The van der Waals surface area contributed by atoms with E-state index in [-0.39, 0.29) is 44.4 Å². The second kappa shape index (κ2) is 13.3. The van der Waals surface area contributed by atoms with Crippen LogP contribution in [0.4, 0.5) is 5.69 Å². The maximum atomic E-state index is 13.6. The number of hydrogen-bond acceptors (Lipinski definition) is 7. The van der Waals surface area contributed by atoms with Crippen LogP contribution in [0.25, 0.3) is 0 Å². The Hall–Kier alpha value is -4.04. The standard InChI is InChI=1S/C34H40N2O6/c1-5-24-15-22(3)16-25(6-2)33(24)35-32(38)19-36-18-27(29-11-12-31-34(23(29)4)42-21-41-31)17-30(36)26-7-9-28(10-8-26)40-14-13-39-20-37/h7-12,15-16,20,27,30H,5-6,13-14,17-19,21H2,1-4H3,(H,35,38)/t27-,30-/m1/s1. The number of carbonyl (C=O) groups is 2. The Morgan fingerprint density at radius 3 is 2.45 bits per heavy atom. The van der Waals surface area contributed by atoms with Crippen LogP contribution in [0.1, 0.15) is 65.6 Å². The van der Waals surface area contributed by atoms with E-state index < -0.39 is 0 Å². The van der Waals surface area contributed by atoms with Crippen LogP contribution in [0.15, 0.2) is 48.5 Å². The Kier molecular flexibility index (Phi) is 9.32. The van der Waals surface area contributed by atoms with Crippen molar-refractivity contribution in [3.63, 3.8) is 0 Å². The molecule has 3 aromatic carbocycles. The zero-order chi connectivity index (χ0) is 29.6. The predicted octanol–water partition coefficient (Wildman–Crippen LogP) is 5.88. The summed E-state index contributed by atoms with van der Waals surface area (Å²) < 4.78 is 21.8. The molecule has 2 aliphatic heterocycles. The highest BCUT2D eigenvalue weighted by molar-refractivity contribution is 5.94. The first-order valence-corrected chi connectivity index (χ1v) is 14.7. The lowest BCUT2D eigenvalue weighted by molar-refractivity contribution is -0.129. The van der Waals surface area contributed by atoms with Gasteiger partial charge in [0.2, 0.25) is 12.7 Å². The lowest BCUT2D eigenvalue weighted by Crippen LogP contribution is -2.33. The smallest absolute Gasteiger partial charge is 0.293 e. The van der Waals surface area contributed by atoms with Crippen LogP contribution >= 0.6 is 0 Å². The first kappa shape index (κ1) is 29.5. The maximum absolute atomic E-state index is 13.6. The summed E-state index contributed by atoms with van der Waals surface area (Å²) in [6, 6.07) is 16.5. The minimum atomic E-state index is -0.00792. The maximum Gasteiger partial charge on any atom is 0.293 e. The Balaban J connectivity index is 1.38. The molecule has 0 saturated carbocycles. The quantitative estimate of drug-likeness (QED) is 0.214. The van der Waals surface area contributed by atoms with Crippen molar-refractivity contribution in [2.45, 2.75) is 58.9 Å². The number of fused-ring (bicyclic) bond motifs is 1. The van der Waals surface area contributed by atoms with Crippen molar-refractivity contribution >= 4 is 18.1 Å². The van der Waals surface area contributed by atoms with E-state index in [0.717, 1.165) is 54.1 Å². The Bertz CT molecular complexity index is 1400. The van der Waals surface area contributed by atoms with Crippen LogP contribution in [-0.4, -0.2) is 50.4 Å². The summed E-state index contributed by atoms with van der Waals surface area (Å²) in [5, 5.41) is 3.28. The van der Waals surface area contributed by atoms with E-state index >= 15 is 0 Å². The molecular formula is C34H40N2O6. The number of rotatable bonds is 12. The fourth-order valence-corrected chi connectivity index (χ4v) is 6.29. The first-order valence-electron chi connectivity index (χ1n) is 14.7. The zero-order valence-electron chi connectivity index (χ0n) is 24.9. The molecular weight excluding hydrogens is 532 g/mol. The zero-order valence-corrected chi connectivity index (χ0v) is 24.9. The third-order valence-electron chi connectivity index (χ3n) is 8.29. The molecule has 8 heteroatoms. The van der Waals surface area contributed by atoms with Gasteiger partial charge in [-0.15, -0.1) is 0 Å². The summed E-state index contributed by atoms with van der Waals surface area (Å²) in [7, 11) is 0. The lowest BCUT2D eigenvalue weighted by atomic mass is 9.90. The highest BCUT2D eigenvalue weighted by atomic mass is 16.7. The first-order chi connectivity index (χ1) is 20.4. The number of hydrogen-bond donors (Lipinski definition) is 1. The number of nitrogens with zero attached hydrogens (tertiary/aromatic N) is 1. The number of amides is 1. The van der Waals surface area contributed by atoms with Gasteiger partial charge in [0.05, 0.1) is 6.54 Å². The minimum Gasteiger partial charge on any atom is -0.490 e. The average Bonchev–Trinajstić information content (AvgIpc) is 3.64. The van der Waals surface area contributed by atoms with E-state index in [1.54, 1.807) is 0 Å². The Labute approximate surface area is 247 Å². The molecule has 2 aliphatic rings. The van der Waals surface area contributed by atoms with E-state index in [2.05, 4.69) is 68.2 Å². The number of likely N-dealkylation sites (tertiary alicyclic amines) is 1. The van der Waals surface area contributed by atoms with Gasteiger partial charge in [-0.3, -0.25) is 14.5 Å². The number of carbonyl (C=O) groups excluding carboxylic acids is 2. The number of anilines is 1. The van der Waals surface area contributed by atoms with E-state index in [1.807, 2.05) is 18.2 Å². The van der Waals surface area contributed by atoms with Crippen molar-refractivity contribution in [1.29, 1.82) is 0 Å². The molecule has 5 rings (SSSR count). The molecule has 0 aliphatic carbocycles. The molecule has 2 heterocycles. The largest absolute Gasteiger partial charge is 0.490 e. The predicted molar refractivity (Wildman–Crippen MR) is 161 cm³/mol. The highest BCUT2D eigenvalue weighted by Crippen LogP contribution is 2.45. The summed E-state index contributed by atoms with van der Waals surface area (Å²) in [5.74, 6) is 2.53. The van der Waals surface area contributed by atoms with Crippen LogP contribution in [0.3, 0.4) is 0 Å². The van der Waals surface area contributed by atoms with E-state index in [0.29, 0.717) is 12.2 Å². The number of benzene rings is 3. The van der Waals surface area contributed by atoms with Crippen molar-refractivity contribution in [1.82, 2.24) is 4.90 Å². The average molecular weight is 573 g/mol. The van der Waals surface area contributed by atoms with Crippen LogP contribution in [0.5, 0.6) is 17.2 Å². The normalized spacial score (nSPS) is 17.7. The van der Waals surface area contributed by atoms with Crippen molar-refractivity contribution < 1.29 is 28.5 Å². The second-order valence-electron chi connectivity index (χ2n) is 11.0. The lowest BCUT2D eigenvalue weighted by Gasteiger charge is -2.25. The van der Waals surface area contributed by atoms with Crippen LogP contribution < -0.4 is 19.5 Å². The molecule has 8 nitrogen and oxygen atoms in total. The van der Waals surface area contributed by atoms with E-state index in [1.165, 1.54) is 22.3 Å². The summed E-state index contributed by atoms with van der Waals surface area (Å²) >= 11 is 0. The van der Waals surface area contributed by atoms with E-state index in [4.69, 9.17) is 18.9 Å². The van der Waals surface area contributed by atoms with Gasteiger partial charge in [-0.25, -0.2) is 0 Å². The van der Waals surface area contributed by atoms with E-state index in [9.17, 15) is 9.59 Å². The topological polar surface area (TPSA) is 86.3 Å². The molecule has 1 N–H and O–H groups in total. The summed E-state index contributed by atoms with van der Waals surface area (Å²) in [6.45, 7) is 10.6. The third-order valence-corrected chi connectivity index (χ3v) is 8.29. The third kappa shape index (κ3) is 6.39. The fraction of sp³-hybridized carbons (Fsp3) is 0.412. The molecule has 1 fully saturated rings. The van der Waals surface area contributed by atoms with Gasteiger partial charge in [-0.05, 0) is 85.0 Å². The van der Waals surface area contributed by atoms with Crippen LogP contribution in [0.2, 0.25) is 0 Å². The number of aryl methyl sites for hydroxylation is 3. The van der Waals surface area contributed by atoms with Crippen molar-refractivity contribution in [2.75, 3.05) is 38.4 Å². The second-order valence-corrected chi connectivity index (χ2v) is 11.0. The molecule has 222 valence electrons. The van der Waals surface area contributed by atoms with Crippen molar-refractivity contribution in [3.8, 4) is 17.2 Å². The molecule has 42 heavy (non-hydrogen) atoms. The number of nitrogens with one attached hydrogen (secondary N) is 1. The molecule has 3 aromatic rings. The SMILES string of the molecule is CCc1cc(C)cc(CC)c1NC(=O)CN1C[C@H](c2ccc3c(c2C)OCO3)C[C@@H]1c1ccc(OCCOC=O)cc1. The fourth-order valence-electron chi connectivity index (χ4n) is 6.29. The van der Waals surface area contributed by atoms with Crippen molar-refractivity contribution in [3.05, 3.63) is 81.9 Å². The van der Waals surface area contributed by atoms with Gasteiger partial charge >= 0.3 is 0 Å². The van der Waals surface area contributed by atoms with Crippen LogP contribution in [-0.2, 0) is 27.2 Å². The molecule has 0 aromatic heterocycles. The summed E-state index contributed by atoms with van der Waals surface area (Å²) in [5.41, 5.74) is 7.95. The van der Waals surface area contributed by atoms with Gasteiger partial charge in [0, 0.05) is 18.3 Å². The monoisotopic (exact) mass is 572 g/mol. The molecule has 0 spiro atoms. The van der Waals surface area contributed by atoms with Crippen molar-refractivity contribution in [2.24, 2.45) is 0 Å².